The number of nitrogens with one attached hydrogen (secondary N) is 1. The largest absolute Gasteiger partial charge is 0.416 e. The number of aromatic nitrogens is 3. The van der Waals surface area contributed by atoms with Crippen LogP contribution in [0.4, 0.5) is 24.7 Å². The van der Waals surface area contributed by atoms with Gasteiger partial charge in [-0.2, -0.15) is 18.3 Å². The number of halogens is 3. The molecule has 1 aliphatic heterocycles. The van der Waals surface area contributed by atoms with Gasteiger partial charge < -0.3 is 15.1 Å². The second kappa shape index (κ2) is 8.90. The van der Waals surface area contributed by atoms with E-state index in [1.165, 1.54) is 12.1 Å². The Kier molecular flexibility index (Phi) is 6.19. The van der Waals surface area contributed by atoms with Gasteiger partial charge in [0.15, 0.2) is 5.82 Å². The average Bonchev–Trinajstić information content (AvgIpc) is 2.80. The molecule has 0 radical (unpaired) electrons. The third kappa shape index (κ3) is 4.62. The lowest BCUT2D eigenvalue weighted by Crippen LogP contribution is -2.46. The Morgan fingerprint density at radius 3 is 2.53 bits per heavy atom. The van der Waals surface area contributed by atoms with Crippen LogP contribution in [0, 0.1) is 6.92 Å². The molecule has 3 aromatic rings. The number of anilines is 2. The highest BCUT2D eigenvalue weighted by atomic mass is 19.4. The number of alkyl halides is 3. The van der Waals surface area contributed by atoms with E-state index in [0.29, 0.717) is 17.1 Å². The molecule has 1 fully saturated rings. The molecule has 1 atom stereocenters. The van der Waals surface area contributed by atoms with Crippen LogP contribution in [-0.4, -0.2) is 52.8 Å². The third-order valence-corrected chi connectivity index (χ3v) is 6.02. The molecule has 6 nitrogen and oxygen atoms in total. The first-order chi connectivity index (χ1) is 15.3. The molecule has 1 aliphatic rings. The second-order valence-electron chi connectivity index (χ2n) is 8.13. The molecular formula is C23H27F3N6. The first kappa shape index (κ1) is 22.3. The van der Waals surface area contributed by atoms with Crippen molar-refractivity contribution in [2.24, 2.45) is 0 Å². The van der Waals surface area contributed by atoms with Gasteiger partial charge >= 0.3 is 6.18 Å². The van der Waals surface area contributed by atoms with Crippen molar-refractivity contribution in [1.29, 1.82) is 0 Å². The molecule has 0 aliphatic carbocycles. The molecule has 4 rings (SSSR count). The summed E-state index contributed by atoms with van der Waals surface area (Å²) in [6.45, 7) is 10.7. The number of nitrogens with zero attached hydrogens (tertiary/aromatic N) is 5. The summed E-state index contributed by atoms with van der Waals surface area (Å²) in [6, 6.07) is 6.99. The predicted octanol–water partition coefficient (Wildman–Crippen LogP) is 4.67. The van der Waals surface area contributed by atoms with Gasteiger partial charge in [0.25, 0.3) is 0 Å². The Hall–Kier alpha value is -2.94. The van der Waals surface area contributed by atoms with Crippen molar-refractivity contribution in [1.82, 2.24) is 20.1 Å². The molecule has 0 saturated carbocycles. The molecule has 1 aromatic carbocycles. The van der Waals surface area contributed by atoms with Crippen LogP contribution >= 0.6 is 0 Å². The van der Waals surface area contributed by atoms with Crippen LogP contribution in [0.3, 0.4) is 0 Å². The van der Waals surface area contributed by atoms with Crippen molar-refractivity contribution in [3.63, 3.8) is 0 Å². The maximum atomic E-state index is 13.1. The van der Waals surface area contributed by atoms with Gasteiger partial charge in [-0.05, 0) is 44.2 Å². The lowest BCUT2D eigenvalue weighted by Gasteiger charge is -2.35. The number of hydrogen-bond acceptors (Lipinski definition) is 6. The van der Waals surface area contributed by atoms with Crippen LogP contribution in [0.5, 0.6) is 0 Å². The molecule has 2 aromatic heterocycles. The molecule has 32 heavy (non-hydrogen) atoms. The van der Waals surface area contributed by atoms with E-state index in [1.807, 2.05) is 26.1 Å². The Morgan fingerprint density at radius 2 is 1.84 bits per heavy atom. The molecule has 170 valence electrons. The third-order valence-electron chi connectivity index (χ3n) is 6.02. The van der Waals surface area contributed by atoms with Crippen LogP contribution in [0.1, 0.15) is 36.7 Å². The standard InChI is InChI=1S/C23H27F3N6/c1-4-31-8-10-32(11-9-31)19-13-20-21(27-14-19)16(3)29-30-22(20)28-15(2)17-6-5-7-18(12-17)23(24,25)26/h5-7,12-15H,4,8-11H2,1-3H3,(H,28,30)/t15-/m1/s1. The van der Waals surface area contributed by atoms with Gasteiger partial charge in [0.05, 0.1) is 34.7 Å². The number of aryl methyl sites for hydroxylation is 1. The van der Waals surface area contributed by atoms with Gasteiger partial charge in [0.1, 0.15) is 0 Å². The van der Waals surface area contributed by atoms with E-state index in [2.05, 4.69) is 37.2 Å². The quantitative estimate of drug-likeness (QED) is 0.617. The zero-order valence-corrected chi connectivity index (χ0v) is 18.4. The lowest BCUT2D eigenvalue weighted by atomic mass is 10.0. The molecule has 1 N–H and O–H groups in total. The highest BCUT2D eigenvalue weighted by Gasteiger charge is 2.30. The first-order valence-electron chi connectivity index (χ1n) is 10.8. The number of likely N-dealkylation sites (N-methyl/N-ethyl adjacent to an activating group) is 1. The topological polar surface area (TPSA) is 57.2 Å². The van der Waals surface area contributed by atoms with Gasteiger partial charge in [-0.25, -0.2) is 0 Å². The van der Waals surface area contributed by atoms with Crippen molar-refractivity contribution in [2.75, 3.05) is 42.9 Å². The van der Waals surface area contributed by atoms with Crippen molar-refractivity contribution >= 4 is 22.4 Å². The maximum absolute atomic E-state index is 13.1. The smallest absolute Gasteiger partial charge is 0.368 e. The van der Waals surface area contributed by atoms with Gasteiger partial charge in [0.2, 0.25) is 0 Å². The van der Waals surface area contributed by atoms with Crippen molar-refractivity contribution < 1.29 is 13.2 Å². The average molecular weight is 445 g/mol. The Balaban J connectivity index is 1.63. The van der Waals surface area contributed by atoms with E-state index < -0.39 is 17.8 Å². The summed E-state index contributed by atoms with van der Waals surface area (Å²) < 4.78 is 39.4. The predicted molar refractivity (Wildman–Crippen MR) is 120 cm³/mol. The summed E-state index contributed by atoms with van der Waals surface area (Å²) in [6.07, 6.45) is -2.52. The summed E-state index contributed by atoms with van der Waals surface area (Å²) in [5.41, 5.74) is 2.30. The summed E-state index contributed by atoms with van der Waals surface area (Å²) >= 11 is 0. The van der Waals surface area contributed by atoms with Gasteiger partial charge in [-0.1, -0.05) is 19.1 Å². The van der Waals surface area contributed by atoms with E-state index in [4.69, 9.17) is 0 Å². The van der Waals surface area contributed by atoms with E-state index in [9.17, 15) is 13.2 Å². The zero-order valence-electron chi connectivity index (χ0n) is 18.4. The highest BCUT2D eigenvalue weighted by molar-refractivity contribution is 5.92. The van der Waals surface area contributed by atoms with E-state index in [1.54, 1.807) is 6.07 Å². The molecule has 0 amide bonds. The van der Waals surface area contributed by atoms with Crippen molar-refractivity contribution in [2.45, 2.75) is 33.0 Å². The summed E-state index contributed by atoms with van der Waals surface area (Å²) in [5.74, 6) is 0.511. The van der Waals surface area contributed by atoms with Crippen LogP contribution in [0.25, 0.3) is 10.9 Å². The minimum Gasteiger partial charge on any atom is -0.368 e. The minimum absolute atomic E-state index is 0.394. The molecule has 1 saturated heterocycles. The molecule has 0 unspecified atom stereocenters. The van der Waals surface area contributed by atoms with E-state index in [0.717, 1.165) is 55.4 Å². The summed E-state index contributed by atoms with van der Waals surface area (Å²) in [5, 5.41) is 12.6. The van der Waals surface area contributed by atoms with Crippen molar-refractivity contribution in [3.8, 4) is 0 Å². The number of piperazine rings is 1. The normalized spacial score (nSPS) is 16.4. The molecule has 0 spiro atoms. The van der Waals surface area contributed by atoms with Crippen LogP contribution in [0.15, 0.2) is 36.5 Å². The SMILES string of the molecule is CCN1CCN(c2cnc3c(C)nnc(N[C@H](C)c4cccc(C(F)(F)F)c4)c3c2)CC1. The Labute approximate surface area is 185 Å². The molecule has 9 heteroatoms. The monoisotopic (exact) mass is 444 g/mol. The van der Waals surface area contributed by atoms with Crippen LogP contribution in [0.2, 0.25) is 0 Å². The maximum Gasteiger partial charge on any atom is 0.416 e. The fourth-order valence-corrected chi connectivity index (χ4v) is 4.02. The van der Waals surface area contributed by atoms with Crippen molar-refractivity contribution in [3.05, 3.63) is 53.3 Å². The number of pyridine rings is 1. The highest BCUT2D eigenvalue weighted by Crippen LogP contribution is 2.32. The van der Waals surface area contributed by atoms with Gasteiger partial charge in [-0.3, -0.25) is 4.98 Å². The summed E-state index contributed by atoms with van der Waals surface area (Å²) in [4.78, 5) is 9.34. The van der Waals surface area contributed by atoms with Gasteiger partial charge in [-0.15, -0.1) is 5.10 Å². The fraction of sp³-hybridized carbons (Fsp3) is 0.435. The zero-order chi connectivity index (χ0) is 22.9. The number of rotatable bonds is 5. The fourth-order valence-electron chi connectivity index (χ4n) is 4.02. The summed E-state index contributed by atoms with van der Waals surface area (Å²) in [7, 11) is 0. The number of hydrogen-bond donors (Lipinski definition) is 1. The lowest BCUT2D eigenvalue weighted by molar-refractivity contribution is -0.137. The second-order valence-corrected chi connectivity index (χ2v) is 8.13. The Morgan fingerprint density at radius 1 is 1.09 bits per heavy atom. The van der Waals surface area contributed by atoms with Gasteiger partial charge in [0, 0.05) is 31.6 Å². The molecular weight excluding hydrogens is 417 g/mol. The van der Waals surface area contributed by atoms with Crippen LogP contribution < -0.4 is 10.2 Å². The first-order valence-corrected chi connectivity index (χ1v) is 10.8. The Bertz CT molecular complexity index is 1090. The van der Waals surface area contributed by atoms with Crippen LogP contribution in [-0.2, 0) is 6.18 Å². The number of fused-ring (bicyclic) bond motifs is 1. The number of benzene rings is 1. The molecule has 3 heterocycles. The molecule has 0 bridgehead atoms. The van der Waals surface area contributed by atoms with E-state index >= 15 is 0 Å². The minimum atomic E-state index is -4.38. The van der Waals surface area contributed by atoms with E-state index in [-0.39, 0.29) is 0 Å².